The molecule has 2 heteroatoms. The normalized spacial score (nSPS) is 39.2. The second kappa shape index (κ2) is 5.92. The van der Waals surface area contributed by atoms with Crippen molar-refractivity contribution in [2.75, 3.05) is 19.6 Å². The Morgan fingerprint density at radius 2 is 2.06 bits per heavy atom. The van der Waals surface area contributed by atoms with Crippen molar-refractivity contribution in [1.82, 2.24) is 4.90 Å². The van der Waals surface area contributed by atoms with E-state index >= 15 is 0 Å². The minimum atomic E-state index is 0.335. The molecule has 3 atom stereocenters. The quantitative estimate of drug-likeness (QED) is 0.835. The Kier molecular flexibility index (Phi) is 4.71. The first kappa shape index (κ1) is 14.3. The number of rotatable bonds is 3. The monoisotopic (exact) mass is 252 g/mol. The molecule has 2 aliphatic rings. The van der Waals surface area contributed by atoms with Crippen molar-refractivity contribution in [1.29, 1.82) is 0 Å². The molecule has 1 heterocycles. The van der Waals surface area contributed by atoms with Crippen LogP contribution in [0.2, 0.25) is 0 Å². The van der Waals surface area contributed by atoms with Crippen LogP contribution >= 0.6 is 0 Å². The molecule has 3 unspecified atom stereocenters. The Morgan fingerprint density at radius 3 is 2.67 bits per heavy atom. The topological polar surface area (TPSA) is 29.3 Å². The molecule has 106 valence electrons. The van der Waals surface area contributed by atoms with Crippen molar-refractivity contribution in [2.45, 2.75) is 64.8 Å². The molecule has 0 spiro atoms. The summed E-state index contributed by atoms with van der Waals surface area (Å²) in [6.45, 7) is 10.6. The Morgan fingerprint density at radius 1 is 1.28 bits per heavy atom. The number of nitrogens with zero attached hydrogens (tertiary/aromatic N) is 1. The van der Waals surface area contributed by atoms with Gasteiger partial charge in [-0.2, -0.15) is 0 Å². The summed E-state index contributed by atoms with van der Waals surface area (Å²) < 4.78 is 0. The lowest BCUT2D eigenvalue weighted by Gasteiger charge is -2.51. The van der Waals surface area contributed by atoms with E-state index in [0.29, 0.717) is 5.54 Å². The van der Waals surface area contributed by atoms with E-state index in [-0.39, 0.29) is 0 Å². The molecule has 18 heavy (non-hydrogen) atoms. The van der Waals surface area contributed by atoms with Crippen molar-refractivity contribution in [3.05, 3.63) is 0 Å². The standard InChI is InChI=1S/C16H32N2/c1-13(2)15-7-4-8-16(10-15,12-17)18-9-5-6-14(3)11-18/h13-15H,4-12,17H2,1-3H3. The predicted molar refractivity (Wildman–Crippen MR) is 78.6 cm³/mol. The van der Waals surface area contributed by atoms with Gasteiger partial charge >= 0.3 is 0 Å². The molecular weight excluding hydrogens is 220 g/mol. The molecule has 0 radical (unpaired) electrons. The Balaban J connectivity index is 2.08. The molecule has 1 aliphatic heterocycles. The summed E-state index contributed by atoms with van der Waals surface area (Å²) in [7, 11) is 0. The van der Waals surface area contributed by atoms with E-state index in [0.717, 1.165) is 24.3 Å². The maximum Gasteiger partial charge on any atom is 0.0334 e. The van der Waals surface area contributed by atoms with Gasteiger partial charge in [-0.15, -0.1) is 0 Å². The van der Waals surface area contributed by atoms with Crippen molar-refractivity contribution in [3.63, 3.8) is 0 Å². The van der Waals surface area contributed by atoms with Crippen LogP contribution in [0.3, 0.4) is 0 Å². The molecule has 2 nitrogen and oxygen atoms in total. The highest BCUT2D eigenvalue weighted by Crippen LogP contribution is 2.41. The zero-order valence-electron chi connectivity index (χ0n) is 12.6. The first-order valence-corrected chi connectivity index (χ1v) is 8.02. The van der Waals surface area contributed by atoms with Crippen LogP contribution in [0.25, 0.3) is 0 Å². The van der Waals surface area contributed by atoms with E-state index in [1.807, 2.05) is 0 Å². The molecule has 1 aliphatic carbocycles. The Hall–Kier alpha value is -0.0800. The summed E-state index contributed by atoms with van der Waals surface area (Å²) in [4.78, 5) is 2.76. The van der Waals surface area contributed by atoms with Crippen LogP contribution < -0.4 is 5.73 Å². The van der Waals surface area contributed by atoms with E-state index in [4.69, 9.17) is 5.73 Å². The van der Waals surface area contributed by atoms with Gasteiger partial charge in [-0.25, -0.2) is 0 Å². The fourth-order valence-electron chi connectivity index (χ4n) is 4.18. The molecule has 2 N–H and O–H groups in total. The highest BCUT2D eigenvalue weighted by atomic mass is 15.2. The molecule has 2 fully saturated rings. The van der Waals surface area contributed by atoms with Crippen LogP contribution in [0.4, 0.5) is 0 Å². The molecule has 0 aromatic heterocycles. The molecular formula is C16H32N2. The van der Waals surface area contributed by atoms with Crippen molar-refractivity contribution < 1.29 is 0 Å². The summed E-state index contributed by atoms with van der Waals surface area (Å²) in [6, 6.07) is 0. The smallest absolute Gasteiger partial charge is 0.0334 e. The molecule has 0 bridgehead atoms. The van der Waals surface area contributed by atoms with Crippen molar-refractivity contribution in [2.24, 2.45) is 23.5 Å². The van der Waals surface area contributed by atoms with Crippen LogP contribution in [0.15, 0.2) is 0 Å². The fraction of sp³-hybridized carbons (Fsp3) is 1.00. The minimum absolute atomic E-state index is 0.335. The maximum atomic E-state index is 6.24. The van der Waals surface area contributed by atoms with Crippen LogP contribution in [0, 0.1) is 17.8 Å². The highest BCUT2D eigenvalue weighted by molar-refractivity contribution is 4.98. The highest BCUT2D eigenvalue weighted by Gasteiger charge is 2.41. The largest absolute Gasteiger partial charge is 0.329 e. The summed E-state index contributed by atoms with van der Waals surface area (Å²) in [5.41, 5.74) is 6.57. The average Bonchev–Trinajstić information content (AvgIpc) is 2.38. The van der Waals surface area contributed by atoms with Crippen LogP contribution in [-0.2, 0) is 0 Å². The lowest BCUT2D eigenvalue weighted by molar-refractivity contribution is -0.000446. The van der Waals surface area contributed by atoms with E-state index < -0.39 is 0 Å². The minimum Gasteiger partial charge on any atom is -0.329 e. The van der Waals surface area contributed by atoms with E-state index in [1.165, 1.54) is 51.6 Å². The third-order valence-electron chi connectivity index (χ3n) is 5.51. The van der Waals surface area contributed by atoms with Gasteiger partial charge in [0.15, 0.2) is 0 Å². The van der Waals surface area contributed by atoms with Gasteiger partial charge in [0.2, 0.25) is 0 Å². The number of nitrogens with two attached hydrogens (primary N) is 1. The number of hydrogen-bond donors (Lipinski definition) is 1. The molecule has 1 saturated heterocycles. The predicted octanol–water partition coefficient (Wildman–Crippen LogP) is 3.26. The third kappa shape index (κ3) is 2.91. The van der Waals surface area contributed by atoms with Gasteiger partial charge in [-0.05, 0) is 50.0 Å². The number of piperidine rings is 1. The molecule has 0 aromatic carbocycles. The zero-order chi connectivity index (χ0) is 13.2. The maximum absolute atomic E-state index is 6.24. The van der Waals surface area contributed by atoms with Crippen LogP contribution in [0.5, 0.6) is 0 Å². The lowest BCUT2D eigenvalue weighted by Crippen LogP contribution is -2.59. The molecule has 2 rings (SSSR count). The fourth-order valence-corrected chi connectivity index (χ4v) is 4.18. The summed E-state index contributed by atoms with van der Waals surface area (Å²) >= 11 is 0. The van der Waals surface area contributed by atoms with Crippen molar-refractivity contribution >= 4 is 0 Å². The number of likely N-dealkylation sites (tertiary alicyclic amines) is 1. The first-order chi connectivity index (χ1) is 8.57. The van der Waals surface area contributed by atoms with E-state index in [9.17, 15) is 0 Å². The average molecular weight is 252 g/mol. The summed E-state index contributed by atoms with van der Waals surface area (Å²) in [6.07, 6.45) is 8.25. The first-order valence-electron chi connectivity index (χ1n) is 8.02. The lowest BCUT2D eigenvalue weighted by atomic mass is 9.70. The van der Waals surface area contributed by atoms with Gasteiger partial charge in [0.1, 0.15) is 0 Å². The summed E-state index contributed by atoms with van der Waals surface area (Å²) in [5.74, 6) is 2.57. The van der Waals surface area contributed by atoms with Gasteiger partial charge in [-0.1, -0.05) is 33.6 Å². The van der Waals surface area contributed by atoms with Crippen LogP contribution in [-0.4, -0.2) is 30.1 Å². The Bertz CT molecular complexity index is 264. The van der Waals surface area contributed by atoms with Gasteiger partial charge < -0.3 is 5.73 Å². The summed E-state index contributed by atoms with van der Waals surface area (Å²) in [5, 5.41) is 0. The molecule has 1 saturated carbocycles. The Labute approximate surface area is 113 Å². The second-order valence-electron chi connectivity index (χ2n) is 7.22. The van der Waals surface area contributed by atoms with E-state index in [2.05, 4.69) is 25.7 Å². The van der Waals surface area contributed by atoms with Gasteiger partial charge in [0, 0.05) is 18.6 Å². The molecule has 0 aromatic rings. The van der Waals surface area contributed by atoms with Crippen LogP contribution in [0.1, 0.15) is 59.3 Å². The second-order valence-corrected chi connectivity index (χ2v) is 7.22. The zero-order valence-corrected chi connectivity index (χ0v) is 12.6. The molecule has 0 amide bonds. The van der Waals surface area contributed by atoms with Gasteiger partial charge in [0.05, 0.1) is 0 Å². The van der Waals surface area contributed by atoms with Gasteiger partial charge in [0.25, 0.3) is 0 Å². The van der Waals surface area contributed by atoms with Gasteiger partial charge in [-0.3, -0.25) is 4.90 Å². The SMILES string of the molecule is CC1CCCN(C2(CN)CCCC(C(C)C)C2)C1. The third-order valence-corrected chi connectivity index (χ3v) is 5.51. The van der Waals surface area contributed by atoms with Crippen molar-refractivity contribution in [3.8, 4) is 0 Å². The van der Waals surface area contributed by atoms with E-state index in [1.54, 1.807) is 0 Å². The number of hydrogen-bond acceptors (Lipinski definition) is 2.